The summed E-state index contributed by atoms with van der Waals surface area (Å²) in [6, 6.07) is 6.39. The molecular formula is C17H17F4NO. The number of ether oxygens (including phenoxy) is 1. The summed E-state index contributed by atoms with van der Waals surface area (Å²) in [6.45, 7) is 0.260. The number of halogens is 4. The van der Waals surface area contributed by atoms with Crippen LogP contribution in [0.1, 0.15) is 36.8 Å². The highest BCUT2D eigenvalue weighted by Gasteiger charge is 2.30. The summed E-state index contributed by atoms with van der Waals surface area (Å²) in [5.41, 5.74) is 0.0172. The summed E-state index contributed by atoms with van der Waals surface area (Å²) in [4.78, 5) is 0. The highest BCUT2D eigenvalue weighted by atomic mass is 19.4. The first kappa shape index (κ1) is 17.5. The van der Waals surface area contributed by atoms with Gasteiger partial charge in [0.25, 0.3) is 0 Å². The van der Waals surface area contributed by atoms with E-state index in [1.54, 1.807) is 0 Å². The number of nitriles is 1. The summed E-state index contributed by atoms with van der Waals surface area (Å²) in [6.07, 6.45) is 0.0310. The molecule has 0 radical (unpaired) electrons. The van der Waals surface area contributed by atoms with E-state index in [1.807, 2.05) is 0 Å². The van der Waals surface area contributed by atoms with Crippen LogP contribution in [0.3, 0.4) is 0 Å². The average Bonchev–Trinajstić information content (AvgIpc) is 2.53. The minimum atomic E-state index is -4.33. The molecule has 2 nitrogen and oxygen atoms in total. The lowest BCUT2D eigenvalue weighted by Gasteiger charge is -2.26. The van der Waals surface area contributed by atoms with Gasteiger partial charge in [-0.1, -0.05) is 12.1 Å². The lowest BCUT2D eigenvalue weighted by molar-refractivity contribution is -0.137. The highest BCUT2D eigenvalue weighted by molar-refractivity contribution is 5.24. The predicted octanol–water partition coefficient (Wildman–Crippen LogP) is 5.16. The Morgan fingerprint density at radius 3 is 2.30 bits per heavy atom. The van der Waals surface area contributed by atoms with Crippen molar-refractivity contribution in [3.05, 3.63) is 47.3 Å². The quantitative estimate of drug-likeness (QED) is 0.565. The Bertz CT molecular complexity index is 578. The molecule has 1 saturated carbocycles. The summed E-state index contributed by atoms with van der Waals surface area (Å²) in [5.74, 6) is -0.695. The molecule has 0 atom stereocenters. The Morgan fingerprint density at radius 2 is 1.78 bits per heavy atom. The van der Waals surface area contributed by atoms with Crippen LogP contribution in [0.15, 0.2) is 36.2 Å². The second-order valence-electron chi connectivity index (χ2n) is 5.67. The van der Waals surface area contributed by atoms with Gasteiger partial charge in [0, 0.05) is 0 Å². The largest absolute Gasteiger partial charge is 0.416 e. The van der Waals surface area contributed by atoms with Crippen molar-refractivity contribution in [3.8, 4) is 6.07 Å². The van der Waals surface area contributed by atoms with E-state index in [9.17, 15) is 17.6 Å². The highest BCUT2D eigenvalue weighted by Crippen LogP contribution is 2.30. The molecule has 1 aromatic carbocycles. The standard InChI is InChI=1S/C17H17F4NO/c18-15(10-22)9-12-3-7-16(8-4-12)23-11-13-1-5-14(6-2-13)17(19,20)21/h1-2,5-6,9,12,16H,3-4,7-8,11H2/t12-,16-. The van der Waals surface area contributed by atoms with Crippen molar-refractivity contribution >= 4 is 0 Å². The molecule has 0 N–H and O–H groups in total. The van der Waals surface area contributed by atoms with Crippen LogP contribution in [0.2, 0.25) is 0 Å². The van der Waals surface area contributed by atoms with Gasteiger partial charge < -0.3 is 4.74 Å². The van der Waals surface area contributed by atoms with E-state index in [2.05, 4.69) is 0 Å². The van der Waals surface area contributed by atoms with Crippen LogP contribution in [0.4, 0.5) is 17.6 Å². The molecule has 0 spiro atoms. The van der Waals surface area contributed by atoms with Gasteiger partial charge in [-0.25, -0.2) is 0 Å². The van der Waals surface area contributed by atoms with Crippen molar-refractivity contribution in [3.63, 3.8) is 0 Å². The maximum atomic E-state index is 12.9. The number of nitrogens with zero attached hydrogens (tertiary/aromatic N) is 1. The molecule has 0 amide bonds. The molecule has 6 heteroatoms. The minimum Gasteiger partial charge on any atom is -0.374 e. The Balaban J connectivity index is 1.79. The van der Waals surface area contributed by atoms with Gasteiger partial charge in [-0.05, 0) is 55.4 Å². The second kappa shape index (κ2) is 7.60. The average molecular weight is 327 g/mol. The number of hydrogen-bond acceptors (Lipinski definition) is 2. The molecule has 1 aromatic rings. The molecule has 23 heavy (non-hydrogen) atoms. The number of rotatable bonds is 4. The van der Waals surface area contributed by atoms with Crippen molar-refractivity contribution in [2.45, 2.75) is 44.6 Å². The van der Waals surface area contributed by atoms with Gasteiger partial charge in [0.15, 0.2) is 5.83 Å². The van der Waals surface area contributed by atoms with E-state index in [1.165, 1.54) is 24.3 Å². The number of benzene rings is 1. The third-order valence-electron chi connectivity index (χ3n) is 3.97. The lowest BCUT2D eigenvalue weighted by Crippen LogP contribution is -2.20. The third kappa shape index (κ3) is 5.36. The molecule has 1 aliphatic carbocycles. The molecule has 0 saturated heterocycles. The zero-order chi connectivity index (χ0) is 16.9. The molecular weight excluding hydrogens is 310 g/mol. The Labute approximate surface area is 132 Å². The summed E-state index contributed by atoms with van der Waals surface area (Å²) >= 11 is 0. The van der Waals surface area contributed by atoms with Crippen molar-refractivity contribution < 1.29 is 22.3 Å². The minimum absolute atomic E-state index is 0.0205. The van der Waals surface area contributed by atoms with Gasteiger partial charge in [-0.3, -0.25) is 0 Å². The van der Waals surface area contributed by atoms with E-state index < -0.39 is 17.6 Å². The molecule has 0 unspecified atom stereocenters. The maximum absolute atomic E-state index is 12.9. The van der Waals surface area contributed by atoms with Crippen LogP contribution in [-0.4, -0.2) is 6.10 Å². The summed E-state index contributed by atoms with van der Waals surface area (Å²) in [5, 5.41) is 8.41. The molecule has 2 rings (SSSR count). The molecule has 0 aromatic heterocycles. The van der Waals surface area contributed by atoms with Gasteiger partial charge in [0.05, 0.1) is 18.3 Å². The van der Waals surface area contributed by atoms with Gasteiger partial charge in [0.1, 0.15) is 6.07 Å². The van der Waals surface area contributed by atoms with Gasteiger partial charge in [-0.15, -0.1) is 0 Å². The SMILES string of the molecule is N#CC(F)=C[C@H]1CC[C@H](OCc2ccc(C(F)(F)F)cc2)CC1. The Morgan fingerprint density at radius 1 is 1.17 bits per heavy atom. The van der Waals surface area contributed by atoms with Crippen LogP contribution < -0.4 is 0 Å². The van der Waals surface area contributed by atoms with Crippen molar-refractivity contribution in [1.29, 1.82) is 5.26 Å². The van der Waals surface area contributed by atoms with Gasteiger partial charge >= 0.3 is 6.18 Å². The fourth-order valence-electron chi connectivity index (χ4n) is 2.67. The van der Waals surface area contributed by atoms with Crippen LogP contribution in [0, 0.1) is 17.2 Å². The molecule has 0 bridgehead atoms. The van der Waals surface area contributed by atoms with E-state index in [4.69, 9.17) is 10.00 Å². The zero-order valence-electron chi connectivity index (χ0n) is 12.4. The smallest absolute Gasteiger partial charge is 0.374 e. The Kier molecular flexibility index (Phi) is 5.78. The van der Waals surface area contributed by atoms with E-state index >= 15 is 0 Å². The monoisotopic (exact) mass is 327 g/mol. The Hall–Kier alpha value is -1.87. The topological polar surface area (TPSA) is 33.0 Å². The van der Waals surface area contributed by atoms with Gasteiger partial charge in [-0.2, -0.15) is 22.8 Å². The number of allylic oxidation sites excluding steroid dienone is 2. The number of hydrogen-bond donors (Lipinski definition) is 0. The normalized spacial score (nSPS) is 22.7. The fourth-order valence-corrected chi connectivity index (χ4v) is 2.67. The predicted molar refractivity (Wildman–Crippen MR) is 76.8 cm³/mol. The van der Waals surface area contributed by atoms with Crippen molar-refractivity contribution in [2.24, 2.45) is 5.92 Å². The van der Waals surface area contributed by atoms with E-state index in [-0.39, 0.29) is 18.6 Å². The first-order valence-corrected chi connectivity index (χ1v) is 7.43. The van der Waals surface area contributed by atoms with Gasteiger partial charge in [0.2, 0.25) is 0 Å². The first-order chi connectivity index (χ1) is 10.9. The first-order valence-electron chi connectivity index (χ1n) is 7.43. The third-order valence-corrected chi connectivity index (χ3v) is 3.97. The molecule has 1 aliphatic rings. The zero-order valence-corrected chi connectivity index (χ0v) is 12.4. The summed E-state index contributed by atoms with van der Waals surface area (Å²) < 4.78 is 56.0. The fraction of sp³-hybridized carbons (Fsp3) is 0.471. The van der Waals surface area contributed by atoms with Crippen LogP contribution >= 0.6 is 0 Å². The van der Waals surface area contributed by atoms with E-state index in [0.29, 0.717) is 5.56 Å². The maximum Gasteiger partial charge on any atom is 0.416 e. The summed E-state index contributed by atoms with van der Waals surface area (Å²) in [7, 11) is 0. The number of alkyl halides is 3. The van der Waals surface area contributed by atoms with Crippen LogP contribution in [0.25, 0.3) is 0 Å². The molecule has 0 heterocycles. The molecule has 0 aliphatic heterocycles. The van der Waals surface area contributed by atoms with Crippen LogP contribution in [0.5, 0.6) is 0 Å². The van der Waals surface area contributed by atoms with Crippen molar-refractivity contribution in [1.82, 2.24) is 0 Å². The molecule has 124 valence electrons. The van der Waals surface area contributed by atoms with Crippen LogP contribution in [-0.2, 0) is 17.5 Å². The lowest BCUT2D eigenvalue weighted by atomic mass is 9.87. The molecule has 1 fully saturated rings. The van der Waals surface area contributed by atoms with Crippen molar-refractivity contribution in [2.75, 3.05) is 0 Å². The second-order valence-corrected chi connectivity index (χ2v) is 5.67. The van der Waals surface area contributed by atoms with E-state index in [0.717, 1.165) is 37.8 Å².